The highest BCUT2D eigenvalue weighted by atomic mass is 35.5. The second-order valence-electron chi connectivity index (χ2n) is 6.74. The van der Waals surface area contributed by atoms with E-state index in [4.69, 9.17) is 32.7 Å². The summed E-state index contributed by atoms with van der Waals surface area (Å²) >= 11 is 12.2. The summed E-state index contributed by atoms with van der Waals surface area (Å²) in [4.78, 5) is 15.1. The van der Waals surface area contributed by atoms with Gasteiger partial charge in [-0.3, -0.25) is 4.79 Å². The first-order valence-electron chi connectivity index (χ1n) is 8.99. The van der Waals surface area contributed by atoms with Gasteiger partial charge in [0.25, 0.3) is 0 Å². The van der Waals surface area contributed by atoms with E-state index in [1.165, 1.54) is 0 Å². The second kappa shape index (κ2) is 8.96. The number of halogens is 2. The molecule has 0 atom stereocenters. The van der Waals surface area contributed by atoms with Crippen molar-refractivity contribution in [2.75, 3.05) is 33.4 Å². The predicted octanol–water partition coefficient (Wildman–Crippen LogP) is 4.58. The van der Waals surface area contributed by atoms with Crippen molar-refractivity contribution in [3.05, 3.63) is 64.1 Å². The molecule has 0 aromatic heterocycles. The van der Waals surface area contributed by atoms with E-state index in [0.717, 1.165) is 5.56 Å². The van der Waals surface area contributed by atoms with Gasteiger partial charge in [-0.25, -0.2) is 0 Å². The van der Waals surface area contributed by atoms with Gasteiger partial charge in [0, 0.05) is 30.3 Å². The highest BCUT2D eigenvalue weighted by Crippen LogP contribution is 2.37. The third-order valence-corrected chi connectivity index (χ3v) is 5.44. The Balaban J connectivity index is 1.70. The van der Waals surface area contributed by atoms with Crippen LogP contribution in [-0.4, -0.2) is 44.2 Å². The number of ether oxygens (including phenoxy) is 2. The molecule has 0 unspecified atom stereocenters. The van der Waals surface area contributed by atoms with Crippen LogP contribution in [-0.2, 0) is 14.9 Å². The first-order valence-corrected chi connectivity index (χ1v) is 9.75. The smallest absolute Gasteiger partial charge is 0.233 e. The number of hydrogen-bond acceptors (Lipinski definition) is 3. The molecule has 1 aliphatic rings. The fourth-order valence-corrected chi connectivity index (χ4v) is 3.83. The maximum absolute atomic E-state index is 13.4. The van der Waals surface area contributed by atoms with Crippen LogP contribution in [0.2, 0.25) is 10.0 Å². The third kappa shape index (κ3) is 4.75. The molecule has 2 aromatic carbocycles. The summed E-state index contributed by atoms with van der Waals surface area (Å²) in [5.74, 6) is 0.765. The van der Waals surface area contributed by atoms with Gasteiger partial charge < -0.3 is 14.4 Å². The molecule has 1 saturated heterocycles. The zero-order chi connectivity index (χ0) is 19.3. The minimum atomic E-state index is -0.603. The van der Waals surface area contributed by atoms with Crippen molar-refractivity contribution in [1.29, 1.82) is 0 Å². The molecule has 1 aliphatic heterocycles. The summed E-state index contributed by atoms with van der Waals surface area (Å²) in [5.41, 5.74) is 0.347. The zero-order valence-electron chi connectivity index (χ0n) is 15.3. The monoisotopic (exact) mass is 407 g/mol. The number of amides is 1. The predicted molar refractivity (Wildman–Crippen MR) is 108 cm³/mol. The molecule has 144 valence electrons. The lowest BCUT2D eigenvalue weighted by Gasteiger charge is -2.39. The van der Waals surface area contributed by atoms with Crippen molar-refractivity contribution < 1.29 is 14.3 Å². The van der Waals surface area contributed by atoms with Crippen molar-refractivity contribution in [1.82, 2.24) is 4.90 Å². The number of nitrogens with zero attached hydrogens (tertiary/aromatic N) is 1. The Labute approximate surface area is 170 Å². The van der Waals surface area contributed by atoms with Crippen LogP contribution in [0, 0.1) is 0 Å². The molecule has 2 aromatic rings. The lowest BCUT2D eigenvalue weighted by Crippen LogP contribution is -2.49. The van der Waals surface area contributed by atoms with Crippen molar-refractivity contribution in [3.8, 4) is 5.75 Å². The van der Waals surface area contributed by atoms with Gasteiger partial charge in [-0.2, -0.15) is 0 Å². The van der Waals surface area contributed by atoms with Crippen LogP contribution in [0.4, 0.5) is 0 Å². The second-order valence-corrected chi connectivity index (χ2v) is 7.61. The van der Waals surface area contributed by atoms with Crippen molar-refractivity contribution >= 4 is 29.1 Å². The highest BCUT2D eigenvalue weighted by molar-refractivity contribution is 6.31. The van der Waals surface area contributed by atoms with Crippen LogP contribution in [0.5, 0.6) is 5.75 Å². The molecule has 6 heteroatoms. The van der Waals surface area contributed by atoms with E-state index in [0.29, 0.717) is 55.0 Å². The number of hydrogen-bond donors (Lipinski definition) is 0. The van der Waals surface area contributed by atoms with E-state index in [2.05, 4.69) is 0 Å². The van der Waals surface area contributed by atoms with Gasteiger partial charge in [0.2, 0.25) is 5.91 Å². The van der Waals surface area contributed by atoms with E-state index >= 15 is 0 Å². The van der Waals surface area contributed by atoms with Crippen LogP contribution < -0.4 is 4.74 Å². The zero-order valence-corrected chi connectivity index (χ0v) is 16.8. The van der Waals surface area contributed by atoms with Crippen molar-refractivity contribution in [2.24, 2.45) is 0 Å². The van der Waals surface area contributed by atoms with Gasteiger partial charge in [-0.05, 0) is 48.7 Å². The van der Waals surface area contributed by atoms with E-state index in [9.17, 15) is 4.79 Å². The molecular formula is C21H23Cl2NO3. The van der Waals surface area contributed by atoms with Gasteiger partial charge in [0.1, 0.15) is 12.4 Å². The number of carbonyl (C=O) groups is 1. The Morgan fingerprint density at radius 2 is 1.78 bits per heavy atom. The lowest BCUT2D eigenvalue weighted by atomic mass is 9.73. The molecule has 1 fully saturated rings. The first-order chi connectivity index (χ1) is 13.0. The average Bonchev–Trinajstić information content (AvgIpc) is 2.68. The lowest BCUT2D eigenvalue weighted by molar-refractivity contribution is -0.140. The molecule has 0 N–H and O–H groups in total. The van der Waals surface area contributed by atoms with E-state index in [1.807, 2.05) is 43.4 Å². The molecule has 0 bridgehead atoms. The van der Waals surface area contributed by atoms with Gasteiger partial charge in [-0.1, -0.05) is 41.4 Å². The first kappa shape index (κ1) is 20.0. The molecule has 27 heavy (non-hydrogen) atoms. The molecule has 0 radical (unpaired) electrons. The van der Waals surface area contributed by atoms with Gasteiger partial charge in [0.15, 0.2) is 0 Å². The minimum absolute atomic E-state index is 0.0720. The molecule has 0 aliphatic carbocycles. The maximum atomic E-state index is 13.4. The molecule has 3 rings (SSSR count). The topological polar surface area (TPSA) is 38.8 Å². The van der Waals surface area contributed by atoms with E-state index in [-0.39, 0.29) is 5.91 Å². The number of benzene rings is 2. The standard InChI is InChI=1S/C21H23Cl2NO3/c1-24(10-13-27-19-7-3-6-18(23)15-19)20(25)21(8-11-26-12-9-21)16-4-2-5-17(22)14-16/h2-7,14-15H,8-13H2,1H3. The molecule has 1 heterocycles. The van der Waals surface area contributed by atoms with Crippen molar-refractivity contribution in [2.45, 2.75) is 18.3 Å². The highest BCUT2D eigenvalue weighted by Gasteiger charge is 2.43. The molecule has 1 amide bonds. The molecule has 0 spiro atoms. The van der Waals surface area contributed by atoms with E-state index in [1.54, 1.807) is 17.0 Å². The Morgan fingerprint density at radius 3 is 2.44 bits per heavy atom. The molecule has 4 nitrogen and oxygen atoms in total. The fourth-order valence-electron chi connectivity index (χ4n) is 3.46. The van der Waals surface area contributed by atoms with Crippen LogP contribution >= 0.6 is 23.2 Å². The van der Waals surface area contributed by atoms with Gasteiger partial charge in [0.05, 0.1) is 12.0 Å². The fraction of sp³-hybridized carbons (Fsp3) is 0.381. The van der Waals surface area contributed by atoms with Crippen molar-refractivity contribution in [3.63, 3.8) is 0 Å². The summed E-state index contributed by atoms with van der Waals surface area (Å²) in [7, 11) is 1.81. The van der Waals surface area contributed by atoms with Crippen LogP contribution in [0.3, 0.4) is 0 Å². The third-order valence-electron chi connectivity index (χ3n) is 4.97. The Bertz CT molecular complexity index is 791. The SMILES string of the molecule is CN(CCOc1cccc(Cl)c1)C(=O)C1(c2cccc(Cl)c2)CCOCC1. The minimum Gasteiger partial charge on any atom is -0.492 e. The van der Waals surface area contributed by atoms with Crippen LogP contribution in [0.1, 0.15) is 18.4 Å². The van der Waals surface area contributed by atoms with Crippen LogP contribution in [0.15, 0.2) is 48.5 Å². The number of carbonyl (C=O) groups excluding carboxylic acids is 1. The number of likely N-dealkylation sites (N-methyl/N-ethyl adjacent to an activating group) is 1. The van der Waals surface area contributed by atoms with E-state index < -0.39 is 5.41 Å². The Kier molecular flexibility index (Phi) is 6.64. The summed E-state index contributed by atoms with van der Waals surface area (Å²) in [6, 6.07) is 14.8. The molecule has 0 saturated carbocycles. The maximum Gasteiger partial charge on any atom is 0.233 e. The summed E-state index contributed by atoms with van der Waals surface area (Å²) in [5, 5.41) is 1.26. The summed E-state index contributed by atoms with van der Waals surface area (Å²) < 4.78 is 11.2. The Morgan fingerprint density at radius 1 is 1.11 bits per heavy atom. The summed E-state index contributed by atoms with van der Waals surface area (Å²) in [6.45, 7) is 2.00. The quantitative estimate of drug-likeness (QED) is 0.703. The normalized spacial score (nSPS) is 16.0. The summed E-state index contributed by atoms with van der Waals surface area (Å²) in [6.07, 6.45) is 1.29. The van der Waals surface area contributed by atoms with Gasteiger partial charge in [-0.15, -0.1) is 0 Å². The largest absolute Gasteiger partial charge is 0.492 e. The average molecular weight is 408 g/mol. The molecular weight excluding hydrogens is 385 g/mol. The Hall–Kier alpha value is -1.75. The van der Waals surface area contributed by atoms with Crippen LogP contribution in [0.25, 0.3) is 0 Å². The number of rotatable bonds is 6. The van der Waals surface area contributed by atoms with Gasteiger partial charge >= 0.3 is 0 Å².